The summed E-state index contributed by atoms with van der Waals surface area (Å²) in [6.45, 7) is 2.88. The van der Waals surface area contributed by atoms with E-state index in [1.807, 2.05) is 164 Å². The summed E-state index contributed by atoms with van der Waals surface area (Å²) in [5.41, 5.74) is 45.8. The molecule has 1 fully saturated rings. The number of anilines is 7. The van der Waals surface area contributed by atoms with Crippen LogP contribution in [0.15, 0.2) is 261 Å². The number of aliphatic hydroxyl groups excluding tert-OH is 5. The fourth-order valence-electron chi connectivity index (χ4n) is 10.3. The highest BCUT2D eigenvalue weighted by Crippen LogP contribution is 2.44. The van der Waals surface area contributed by atoms with Gasteiger partial charge in [0.25, 0.3) is 0 Å². The Morgan fingerprint density at radius 1 is 0.495 bits per heavy atom. The minimum Gasteiger partial charge on any atom is -0.508 e. The first kappa shape index (κ1) is 75.9. The van der Waals surface area contributed by atoms with Crippen molar-refractivity contribution in [3.8, 4) is 28.4 Å². The van der Waals surface area contributed by atoms with Gasteiger partial charge in [0.15, 0.2) is 0 Å². The lowest BCUT2D eigenvalue weighted by molar-refractivity contribution is 0.152. The second-order valence-corrected chi connectivity index (χ2v) is 23.1. The van der Waals surface area contributed by atoms with Crippen molar-refractivity contribution in [1.82, 2.24) is 10.6 Å². The summed E-state index contributed by atoms with van der Waals surface area (Å²) in [5, 5.41) is 85.1. The number of nitrogens with one attached hydrogen (secondary N) is 3. The molecule has 97 heavy (non-hydrogen) atoms. The van der Waals surface area contributed by atoms with E-state index < -0.39 is 6.10 Å². The summed E-state index contributed by atoms with van der Waals surface area (Å²) in [5.74, 6) is 0.946. The molecule has 0 aliphatic heterocycles. The molecule has 13 rings (SSSR count). The Labute approximate surface area is 573 Å². The van der Waals surface area contributed by atoms with Crippen LogP contribution in [-0.2, 0) is 19.7 Å². The van der Waals surface area contributed by atoms with Gasteiger partial charge in [-0.2, -0.15) is 0 Å². The van der Waals surface area contributed by atoms with Gasteiger partial charge in [-0.15, -0.1) is 0 Å². The maximum Gasteiger partial charge on any atom is 0.139 e. The van der Waals surface area contributed by atoms with Crippen LogP contribution in [0, 0.1) is 5.92 Å². The molecule has 0 bridgehead atoms. The van der Waals surface area contributed by atoms with Gasteiger partial charge in [-0.25, -0.2) is 0 Å². The van der Waals surface area contributed by atoms with Gasteiger partial charge < -0.3 is 91.2 Å². The van der Waals surface area contributed by atoms with Crippen LogP contribution >= 0.6 is 11.6 Å². The summed E-state index contributed by atoms with van der Waals surface area (Å²) in [7, 11) is 0. The molecule has 11 aromatic rings. The molecule has 0 aromatic heterocycles. The van der Waals surface area contributed by atoms with Crippen molar-refractivity contribution < 1.29 is 40.9 Å². The third kappa shape index (κ3) is 25.8. The molecular weight excluding hydrogens is 1240 g/mol. The van der Waals surface area contributed by atoms with Gasteiger partial charge in [0, 0.05) is 82.8 Å². The van der Waals surface area contributed by atoms with Crippen LogP contribution in [-0.4, -0.2) is 73.3 Å². The minimum atomic E-state index is -0.528. The van der Waals surface area contributed by atoms with E-state index in [0.29, 0.717) is 64.1 Å². The standard InChI is InChI=1S/C14H21NO.C13H11NO.C12H11NO.C10H9NO.C9H13NO.C8H11NO.C7H8ClNO.C6H8N2O/c16-11-13-8-4-5-9-14(13)15-10-12-6-2-1-3-7-12;14-8-5-6-10-9-3-1-2-4-11(9)13(15)12(10)7-8;14-12-8-4-7-11(9-12)13-10-5-2-1-3-6-10;11-10-8-4-2-1-3-7(8)5-6-9(10)12;11-7-6-10-8-9-4-2-1-3-5-9;9-8(6-10)7-4-2-1-3-5-7;8-6-1-2-7(9)5(3-6)4-10;7-4-1-2-6(9)5(8)3-4/h1-3,6-7,13-16H,4-5,8-11H2;1-7,13,15H,14H2;1-9,13-14H;1-6,12H,11H2;1-5,10-11H,6-8H2;1-5,8,10H,6,9H2;1-3,10H,4,9H2;1-3,9H,7-8H2. The zero-order chi connectivity index (χ0) is 69.7. The van der Waals surface area contributed by atoms with E-state index in [1.165, 1.54) is 48.9 Å². The molecule has 18 heteroatoms. The lowest BCUT2D eigenvalue weighted by atomic mass is 9.85. The number of para-hydroxylation sites is 1. The van der Waals surface area contributed by atoms with Crippen LogP contribution in [0.1, 0.15) is 71.2 Å². The Kier molecular flexibility index (Phi) is 32.6. The molecule has 0 amide bonds. The van der Waals surface area contributed by atoms with Crippen LogP contribution in [0.4, 0.5) is 39.8 Å². The van der Waals surface area contributed by atoms with Crippen LogP contribution in [0.5, 0.6) is 17.2 Å². The number of phenols is 3. The van der Waals surface area contributed by atoms with Gasteiger partial charge in [-0.05, 0) is 142 Å². The zero-order valence-electron chi connectivity index (χ0n) is 54.3. The number of rotatable bonds is 13. The third-order valence-electron chi connectivity index (χ3n) is 15.5. The number of hydrogen-bond acceptors (Lipinski definition) is 17. The van der Waals surface area contributed by atoms with E-state index >= 15 is 0 Å². The van der Waals surface area contributed by atoms with Gasteiger partial charge in [-0.1, -0.05) is 200 Å². The molecule has 508 valence electrons. The number of halogens is 1. The second-order valence-electron chi connectivity index (χ2n) is 22.7. The largest absolute Gasteiger partial charge is 0.508 e. The first-order valence-electron chi connectivity index (χ1n) is 31.9. The average Bonchev–Trinajstić information content (AvgIpc) is 1.63. The first-order valence-corrected chi connectivity index (χ1v) is 32.3. The summed E-state index contributed by atoms with van der Waals surface area (Å²) in [6.07, 6.45) is 4.42. The van der Waals surface area contributed by atoms with Gasteiger partial charge in [0.1, 0.15) is 23.4 Å². The Morgan fingerprint density at radius 2 is 1.07 bits per heavy atom. The Balaban J connectivity index is 0.000000176. The number of nitrogens with two attached hydrogens (primary N) is 6. The van der Waals surface area contributed by atoms with Crippen LogP contribution < -0.4 is 50.4 Å². The number of nitrogen functional groups attached to an aromatic ring is 5. The molecule has 0 radical (unpaired) electrons. The van der Waals surface area contributed by atoms with Gasteiger partial charge in [0.05, 0.1) is 37.2 Å². The Morgan fingerprint density at radius 3 is 1.70 bits per heavy atom. The molecule has 0 saturated heterocycles. The molecule has 23 N–H and O–H groups in total. The van der Waals surface area contributed by atoms with Crippen molar-refractivity contribution >= 4 is 62.2 Å². The van der Waals surface area contributed by atoms with Crippen molar-refractivity contribution in [2.75, 3.05) is 60.4 Å². The number of benzene rings is 11. The predicted octanol–water partition coefficient (Wildman–Crippen LogP) is 13.3. The van der Waals surface area contributed by atoms with Crippen molar-refractivity contribution in [3.63, 3.8) is 0 Å². The third-order valence-corrected chi connectivity index (χ3v) is 15.8. The SMILES string of the molecule is NC(CO)c1ccccc1.Nc1c(O)ccc2ccccc12.Nc1ccc(Cl)cc1CO.Nc1ccc(O)c(N)c1.Nc1ccc2c(c1)C(O)c1ccccc1-2.OCC1CCCCC1NCc1ccccc1.OCCNCc1ccccc1.Oc1cccc(Nc2ccccc2)c1. The smallest absolute Gasteiger partial charge is 0.139 e. The molecule has 11 aromatic carbocycles. The van der Waals surface area contributed by atoms with Crippen molar-refractivity contribution in [2.24, 2.45) is 11.7 Å². The quantitative estimate of drug-likeness (QED) is 0.0221. The van der Waals surface area contributed by atoms with E-state index in [9.17, 15) is 20.4 Å². The van der Waals surface area contributed by atoms with Crippen molar-refractivity contribution in [2.45, 2.75) is 63.6 Å². The molecule has 0 spiro atoms. The molecule has 2 aliphatic rings. The lowest BCUT2D eigenvalue weighted by Gasteiger charge is -2.31. The highest BCUT2D eigenvalue weighted by Gasteiger charge is 2.26. The Bertz CT molecular complexity index is 4030. The first-order chi connectivity index (χ1) is 47.0. The fraction of sp³-hybridized carbons (Fsp3) is 0.190. The number of aromatic hydroxyl groups is 3. The van der Waals surface area contributed by atoms with E-state index in [1.54, 1.807) is 48.5 Å². The summed E-state index contributed by atoms with van der Waals surface area (Å²) >= 11 is 5.63. The van der Waals surface area contributed by atoms with E-state index in [0.717, 1.165) is 63.1 Å². The van der Waals surface area contributed by atoms with Crippen molar-refractivity contribution in [1.29, 1.82) is 0 Å². The maximum atomic E-state index is 10.1. The highest BCUT2D eigenvalue weighted by molar-refractivity contribution is 6.30. The zero-order valence-corrected chi connectivity index (χ0v) is 55.1. The van der Waals surface area contributed by atoms with Crippen molar-refractivity contribution in [3.05, 3.63) is 299 Å². The van der Waals surface area contributed by atoms with Crippen LogP contribution in [0.2, 0.25) is 5.02 Å². The number of fused-ring (bicyclic) bond motifs is 4. The predicted molar refractivity (Wildman–Crippen MR) is 399 cm³/mol. The highest BCUT2D eigenvalue weighted by atomic mass is 35.5. The van der Waals surface area contributed by atoms with Crippen LogP contribution in [0.3, 0.4) is 0 Å². The lowest BCUT2D eigenvalue weighted by Crippen LogP contribution is -2.39. The average molecular weight is 1330 g/mol. The minimum absolute atomic E-state index is 0.00398. The van der Waals surface area contributed by atoms with E-state index in [2.05, 4.69) is 52.3 Å². The maximum absolute atomic E-state index is 10.1. The monoisotopic (exact) mass is 1330 g/mol. The van der Waals surface area contributed by atoms with E-state index in [-0.39, 0.29) is 43.1 Å². The number of hydrogen-bond donors (Lipinski definition) is 17. The fourth-order valence-corrected chi connectivity index (χ4v) is 10.5. The van der Waals surface area contributed by atoms with Gasteiger partial charge in [-0.3, -0.25) is 0 Å². The topological polar surface area (TPSA) is 354 Å². The normalized spacial score (nSPS) is 13.9. The molecule has 4 unspecified atom stereocenters. The number of aliphatic hydroxyl groups is 5. The second kappa shape index (κ2) is 41.6. The molecule has 2 aliphatic carbocycles. The molecular formula is C79H92ClN9O8. The Hall–Kier alpha value is -10.2. The molecule has 4 atom stereocenters. The molecule has 17 nitrogen and oxygen atoms in total. The molecule has 0 heterocycles. The summed E-state index contributed by atoms with van der Waals surface area (Å²) < 4.78 is 0. The van der Waals surface area contributed by atoms with E-state index in [4.69, 9.17) is 66.4 Å². The number of phenolic OH excluding ortho intramolecular Hbond substituents is 3. The summed E-state index contributed by atoms with van der Waals surface area (Å²) in [6, 6.07) is 81.6. The summed E-state index contributed by atoms with van der Waals surface area (Å²) in [4.78, 5) is 0. The van der Waals surface area contributed by atoms with Gasteiger partial charge >= 0.3 is 0 Å². The molecule has 1 saturated carbocycles. The van der Waals surface area contributed by atoms with Crippen LogP contribution in [0.25, 0.3) is 21.9 Å². The van der Waals surface area contributed by atoms with Gasteiger partial charge in [0.2, 0.25) is 0 Å².